The van der Waals surface area contributed by atoms with Crippen LogP contribution in [0.2, 0.25) is 5.02 Å². The van der Waals surface area contributed by atoms with Crippen LogP contribution in [0.5, 0.6) is 0 Å². The summed E-state index contributed by atoms with van der Waals surface area (Å²) >= 11 is 6.12. The largest absolute Gasteiger partial charge is 0.326 e. The van der Waals surface area contributed by atoms with Crippen molar-refractivity contribution >= 4 is 33.2 Å². The third-order valence-corrected chi connectivity index (χ3v) is 6.63. The quantitative estimate of drug-likeness (QED) is 0.779. The minimum Gasteiger partial charge on any atom is -0.326 e. The van der Waals surface area contributed by atoms with E-state index in [1.54, 1.807) is 18.2 Å². The van der Waals surface area contributed by atoms with Gasteiger partial charge in [-0.1, -0.05) is 29.8 Å². The Labute approximate surface area is 169 Å². The molecule has 1 aliphatic heterocycles. The molecule has 1 aliphatic carbocycles. The number of hydrogen-bond donors (Lipinski definition) is 2. The third-order valence-electron chi connectivity index (χ3n) is 5.29. The number of sulfonamides is 1. The van der Waals surface area contributed by atoms with Crippen molar-refractivity contribution in [2.75, 3.05) is 11.9 Å². The van der Waals surface area contributed by atoms with Gasteiger partial charge in [0.05, 0.1) is 11.3 Å². The van der Waals surface area contributed by atoms with Gasteiger partial charge in [0.1, 0.15) is 0 Å². The predicted octanol–water partition coefficient (Wildman–Crippen LogP) is 2.69. The molecule has 0 atom stereocenters. The Kier molecular flexibility index (Phi) is 5.18. The van der Waals surface area contributed by atoms with E-state index in [9.17, 15) is 13.2 Å². The van der Waals surface area contributed by atoms with Crippen molar-refractivity contribution in [3.8, 4) is 0 Å². The molecule has 0 aromatic heterocycles. The van der Waals surface area contributed by atoms with Crippen molar-refractivity contribution < 1.29 is 13.2 Å². The lowest BCUT2D eigenvalue weighted by Crippen LogP contribution is -2.33. The van der Waals surface area contributed by atoms with Crippen LogP contribution in [0.1, 0.15) is 29.5 Å². The number of nitrogens with zero attached hydrogens (tertiary/aromatic N) is 1. The molecular weight excluding hydrogens is 398 g/mol. The van der Waals surface area contributed by atoms with Gasteiger partial charge in [-0.05, 0) is 54.2 Å². The normalized spacial score (nSPS) is 17.2. The van der Waals surface area contributed by atoms with E-state index in [2.05, 4.69) is 10.2 Å². The third kappa shape index (κ3) is 4.22. The Morgan fingerprint density at radius 3 is 2.68 bits per heavy atom. The molecule has 2 aromatic carbocycles. The van der Waals surface area contributed by atoms with Crippen molar-refractivity contribution in [3.63, 3.8) is 0 Å². The highest BCUT2D eigenvalue weighted by Gasteiger charge is 2.33. The lowest BCUT2D eigenvalue weighted by molar-refractivity contribution is -0.115. The van der Waals surface area contributed by atoms with Crippen LogP contribution in [0.25, 0.3) is 0 Å². The number of nitrogens with one attached hydrogen (secondary N) is 1. The maximum atomic E-state index is 12.5. The van der Waals surface area contributed by atoms with Crippen LogP contribution in [0, 0.1) is 0 Å². The van der Waals surface area contributed by atoms with Crippen molar-refractivity contribution in [2.24, 2.45) is 5.14 Å². The number of carbonyl (C=O) groups is 1. The molecule has 1 amide bonds. The second kappa shape index (κ2) is 7.48. The van der Waals surface area contributed by atoms with Gasteiger partial charge in [0.25, 0.3) is 0 Å². The maximum absolute atomic E-state index is 12.5. The zero-order valence-corrected chi connectivity index (χ0v) is 16.9. The monoisotopic (exact) mass is 419 g/mol. The van der Waals surface area contributed by atoms with Gasteiger partial charge in [0.15, 0.2) is 0 Å². The van der Waals surface area contributed by atoms with E-state index >= 15 is 0 Å². The highest BCUT2D eigenvalue weighted by molar-refractivity contribution is 7.89. The smallest absolute Gasteiger partial charge is 0.238 e. The average molecular weight is 420 g/mol. The lowest BCUT2D eigenvalue weighted by Gasteiger charge is -2.30. The summed E-state index contributed by atoms with van der Waals surface area (Å²) in [5.74, 6) is -0.261. The molecule has 8 heteroatoms. The van der Waals surface area contributed by atoms with Crippen molar-refractivity contribution in [3.05, 3.63) is 58.1 Å². The van der Waals surface area contributed by atoms with Gasteiger partial charge >= 0.3 is 0 Å². The Morgan fingerprint density at radius 1 is 1.25 bits per heavy atom. The second-order valence-electron chi connectivity index (χ2n) is 7.43. The summed E-state index contributed by atoms with van der Waals surface area (Å²) in [5, 5.41) is 8.78. The summed E-state index contributed by atoms with van der Waals surface area (Å²) in [4.78, 5) is 15.0. The molecule has 0 saturated heterocycles. The fourth-order valence-electron chi connectivity index (χ4n) is 3.78. The van der Waals surface area contributed by atoms with Gasteiger partial charge in [0.2, 0.25) is 15.9 Å². The lowest BCUT2D eigenvalue weighted by atomic mass is 9.98. The molecule has 1 saturated carbocycles. The van der Waals surface area contributed by atoms with E-state index in [-0.39, 0.29) is 17.2 Å². The minimum absolute atomic E-state index is 0.105. The Morgan fingerprint density at radius 2 is 2.00 bits per heavy atom. The number of rotatable bonds is 5. The van der Waals surface area contributed by atoms with Crippen molar-refractivity contribution in [1.29, 1.82) is 0 Å². The Balaban J connectivity index is 1.61. The summed E-state index contributed by atoms with van der Waals surface area (Å²) in [7, 11) is -3.88. The second-order valence-corrected chi connectivity index (χ2v) is 9.36. The number of amides is 1. The van der Waals surface area contributed by atoms with E-state index < -0.39 is 10.0 Å². The van der Waals surface area contributed by atoms with Crippen molar-refractivity contribution in [2.45, 2.75) is 43.2 Å². The first-order chi connectivity index (χ1) is 13.3. The van der Waals surface area contributed by atoms with Gasteiger partial charge in [-0.3, -0.25) is 9.69 Å². The van der Waals surface area contributed by atoms with Crippen LogP contribution < -0.4 is 10.5 Å². The topological polar surface area (TPSA) is 92.5 Å². The van der Waals surface area contributed by atoms with E-state index in [0.29, 0.717) is 35.3 Å². The zero-order valence-electron chi connectivity index (χ0n) is 15.3. The number of nitrogens with two attached hydrogens (primary N) is 1. The highest BCUT2D eigenvalue weighted by Crippen LogP contribution is 2.35. The molecule has 0 bridgehead atoms. The summed E-state index contributed by atoms with van der Waals surface area (Å²) in [6.45, 7) is 1.51. The predicted molar refractivity (Wildman–Crippen MR) is 109 cm³/mol. The van der Waals surface area contributed by atoms with E-state index in [0.717, 1.165) is 17.7 Å². The van der Waals surface area contributed by atoms with Crippen LogP contribution in [0.15, 0.2) is 41.3 Å². The number of carbonyl (C=O) groups excluding carboxylic acids is 1. The number of fused-ring (bicyclic) bond motifs is 1. The highest BCUT2D eigenvalue weighted by atomic mass is 35.5. The molecular formula is C20H22ClN3O3S. The molecule has 6 nitrogen and oxygen atoms in total. The molecule has 0 spiro atoms. The van der Waals surface area contributed by atoms with Gasteiger partial charge in [-0.2, -0.15) is 0 Å². The summed E-state index contributed by atoms with van der Waals surface area (Å²) < 4.78 is 24.3. The molecule has 0 unspecified atom stereocenters. The maximum Gasteiger partial charge on any atom is 0.238 e. The average Bonchev–Trinajstić information content (AvgIpc) is 3.47. The fourth-order valence-corrected chi connectivity index (χ4v) is 4.85. The molecule has 148 valence electrons. The number of halogens is 1. The first-order valence-corrected chi connectivity index (χ1v) is 11.2. The molecule has 2 aliphatic rings. The molecule has 0 radical (unpaired) electrons. The number of primary sulfonamides is 1. The first-order valence-electron chi connectivity index (χ1n) is 9.27. The summed E-state index contributed by atoms with van der Waals surface area (Å²) in [6, 6.07) is 11.1. The zero-order chi connectivity index (χ0) is 19.9. The molecule has 1 heterocycles. The fraction of sp³-hybridized carbons (Fsp3) is 0.350. The van der Waals surface area contributed by atoms with Gasteiger partial charge in [0, 0.05) is 29.8 Å². The van der Waals surface area contributed by atoms with Crippen LogP contribution >= 0.6 is 11.6 Å². The molecule has 28 heavy (non-hydrogen) atoms. The first kappa shape index (κ1) is 19.4. The van der Waals surface area contributed by atoms with Crippen LogP contribution in [0.4, 0.5) is 5.69 Å². The van der Waals surface area contributed by atoms with Crippen molar-refractivity contribution in [1.82, 2.24) is 4.90 Å². The van der Waals surface area contributed by atoms with Gasteiger partial charge < -0.3 is 5.32 Å². The van der Waals surface area contributed by atoms with E-state index in [4.69, 9.17) is 16.7 Å². The van der Waals surface area contributed by atoms with Crippen LogP contribution in [-0.4, -0.2) is 31.8 Å². The number of benzene rings is 2. The Hall–Kier alpha value is -1.93. The summed E-state index contributed by atoms with van der Waals surface area (Å²) in [6.07, 6.45) is 3.12. The van der Waals surface area contributed by atoms with E-state index in [1.807, 2.05) is 12.1 Å². The van der Waals surface area contributed by atoms with Crippen LogP contribution in [-0.2, 0) is 34.2 Å². The number of hydrogen-bond acceptors (Lipinski definition) is 4. The van der Waals surface area contributed by atoms with Gasteiger partial charge in [-0.25, -0.2) is 13.6 Å². The minimum atomic E-state index is -3.88. The molecule has 4 rings (SSSR count). The molecule has 3 N–H and O–H groups in total. The molecule has 2 aromatic rings. The standard InChI is InChI=1S/C20H22ClN3O3S/c21-18-4-2-1-3-13(18)10-20(25)23-15-9-14-12-24(16-5-6-16)8-7-17(14)19(11-15)28(22,26)27/h1-4,9,11,16H,5-8,10,12H2,(H,23,25)(H2,22,26,27). The van der Waals surface area contributed by atoms with Crippen LogP contribution in [0.3, 0.4) is 0 Å². The SMILES string of the molecule is NS(=O)(=O)c1cc(NC(=O)Cc2ccccc2Cl)cc2c1CCN(C1CC1)C2. The van der Waals surface area contributed by atoms with E-state index in [1.165, 1.54) is 18.9 Å². The number of anilines is 1. The Bertz CT molecular complexity index is 1030. The van der Waals surface area contributed by atoms with Gasteiger partial charge in [-0.15, -0.1) is 0 Å². The molecule has 1 fully saturated rings. The summed E-state index contributed by atoms with van der Waals surface area (Å²) in [5.41, 5.74) is 2.84.